The highest BCUT2D eigenvalue weighted by atomic mass is 32.1. The van der Waals surface area contributed by atoms with Gasteiger partial charge in [-0.05, 0) is 44.5 Å². The standard InChI is InChI=1S/C22H20N4O2S/c1-12-13(2)23-18-10-9-16(11-17(12)18)20(27)25-26-21(28)19-14(3)24-22(29-19)15-7-5-4-6-8-15/h4-11,23H,1-3H3,(H,25,27)(H,26,28). The van der Waals surface area contributed by atoms with E-state index in [0.29, 0.717) is 16.1 Å². The lowest BCUT2D eigenvalue weighted by molar-refractivity contribution is 0.0848. The van der Waals surface area contributed by atoms with Gasteiger partial charge in [-0.15, -0.1) is 11.3 Å². The van der Waals surface area contributed by atoms with Crippen LogP contribution in [0, 0.1) is 20.8 Å². The second-order valence-electron chi connectivity index (χ2n) is 6.84. The van der Waals surface area contributed by atoms with Crippen molar-refractivity contribution >= 4 is 34.1 Å². The van der Waals surface area contributed by atoms with E-state index >= 15 is 0 Å². The van der Waals surface area contributed by atoms with Gasteiger partial charge in [-0.25, -0.2) is 4.98 Å². The van der Waals surface area contributed by atoms with Crippen molar-refractivity contribution in [1.82, 2.24) is 20.8 Å². The predicted molar refractivity (Wildman–Crippen MR) is 115 cm³/mol. The molecule has 29 heavy (non-hydrogen) atoms. The van der Waals surface area contributed by atoms with Crippen molar-refractivity contribution in [2.75, 3.05) is 0 Å². The minimum Gasteiger partial charge on any atom is -0.358 e. The Morgan fingerprint density at radius 3 is 2.45 bits per heavy atom. The Kier molecular flexibility index (Phi) is 4.90. The number of aryl methyl sites for hydroxylation is 3. The van der Waals surface area contributed by atoms with Crippen LogP contribution in [0.15, 0.2) is 48.5 Å². The maximum absolute atomic E-state index is 12.6. The molecule has 0 unspecified atom stereocenters. The highest BCUT2D eigenvalue weighted by Crippen LogP contribution is 2.27. The van der Waals surface area contributed by atoms with Crippen LogP contribution in [0.4, 0.5) is 0 Å². The van der Waals surface area contributed by atoms with E-state index in [2.05, 4.69) is 20.8 Å². The molecule has 146 valence electrons. The van der Waals surface area contributed by atoms with Gasteiger partial charge in [-0.1, -0.05) is 30.3 Å². The average molecular weight is 404 g/mol. The summed E-state index contributed by atoms with van der Waals surface area (Å²) >= 11 is 1.30. The van der Waals surface area contributed by atoms with Crippen LogP contribution in [0.2, 0.25) is 0 Å². The second kappa shape index (κ2) is 7.52. The maximum Gasteiger partial charge on any atom is 0.281 e. The molecular weight excluding hydrogens is 384 g/mol. The van der Waals surface area contributed by atoms with Crippen molar-refractivity contribution in [3.63, 3.8) is 0 Å². The number of fused-ring (bicyclic) bond motifs is 1. The number of aromatic amines is 1. The monoisotopic (exact) mass is 404 g/mol. The van der Waals surface area contributed by atoms with Crippen LogP contribution in [-0.4, -0.2) is 21.8 Å². The average Bonchev–Trinajstić information content (AvgIpc) is 3.26. The first-order valence-corrected chi connectivity index (χ1v) is 9.98. The Bertz CT molecular complexity index is 1220. The molecule has 4 aromatic rings. The summed E-state index contributed by atoms with van der Waals surface area (Å²) < 4.78 is 0. The van der Waals surface area contributed by atoms with Gasteiger partial charge in [0, 0.05) is 27.7 Å². The first-order valence-electron chi connectivity index (χ1n) is 9.16. The zero-order valence-corrected chi connectivity index (χ0v) is 17.1. The number of benzene rings is 2. The first kappa shape index (κ1) is 18.9. The molecule has 0 fully saturated rings. The molecule has 2 amide bonds. The summed E-state index contributed by atoms with van der Waals surface area (Å²) in [4.78, 5) is 33.3. The van der Waals surface area contributed by atoms with E-state index < -0.39 is 0 Å². The molecule has 3 N–H and O–H groups in total. The molecule has 2 aromatic carbocycles. The quantitative estimate of drug-likeness (QED) is 0.445. The summed E-state index contributed by atoms with van der Waals surface area (Å²) in [5.41, 5.74) is 10.2. The number of H-pyrrole nitrogens is 1. The van der Waals surface area contributed by atoms with Crippen molar-refractivity contribution in [2.24, 2.45) is 0 Å². The molecule has 2 aromatic heterocycles. The van der Waals surface area contributed by atoms with Gasteiger partial charge in [-0.2, -0.15) is 0 Å². The van der Waals surface area contributed by atoms with E-state index in [-0.39, 0.29) is 11.8 Å². The molecular formula is C22H20N4O2S. The number of carbonyl (C=O) groups excluding carboxylic acids is 2. The molecule has 2 heterocycles. The number of hydrazine groups is 1. The Morgan fingerprint density at radius 1 is 0.966 bits per heavy atom. The van der Waals surface area contributed by atoms with Crippen LogP contribution in [0.1, 0.15) is 37.0 Å². The fourth-order valence-electron chi connectivity index (χ4n) is 3.16. The molecule has 4 rings (SSSR count). The second-order valence-corrected chi connectivity index (χ2v) is 7.84. The molecule has 7 heteroatoms. The molecule has 6 nitrogen and oxygen atoms in total. The van der Waals surface area contributed by atoms with Gasteiger partial charge >= 0.3 is 0 Å². The summed E-state index contributed by atoms with van der Waals surface area (Å²) in [6, 6.07) is 15.1. The van der Waals surface area contributed by atoms with Crippen LogP contribution >= 0.6 is 11.3 Å². The Labute approximate surface area is 172 Å². The highest BCUT2D eigenvalue weighted by Gasteiger charge is 2.17. The summed E-state index contributed by atoms with van der Waals surface area (Å²) in [7, 11) is 0. The Balaban J connectivity index is 1.48. The summed E-state index contributed by atoms with van der Waals surface area (Å²) in [6.45, 7) is 5.79. The molecule has 0 saturated carbocycles. The summed E-state index contributed by atoms with van der Waals surface area (Å²) in [5.74, 6) is -0.755. The van der Waals surface area contributed by atoms with Crippen LogP contribution < -0.4 is 10.9 Å². The lowest BCUT2D eigenvalue weighted by Gasteiger charge is -2.07. The molecule has 0 aliphatic carbocycles. The smallest absolute Gasteiger partial charge is 0.281 e. The minimum atomic E-state index is -0.384. The molecule has 0 aliphatic heterocycles. The van der Waals surface area contributed by atoms with Crippen molar-refractivity contribution in [2.45, 2.75) is 20.8 Å². The van der Waals surface area contributed by atoms with Gasteiger partial charge in [0.15, 0.2) is 0 Å². The van der Waals surface area contributed by atoms with Crippen LogP contribution in [-0.2, 0) is 0 Å². The van der Waals surface area contributed by atoms with Crippen molar-refractivity contribution < 1.29 is 9.59 Å². The van der Waals surface area contributed by atoms with Crippen LogP contribution in [0.5, 0.6) is 0 Å². The molecule has 0 saturated heterocycles. The SMILES string of the molecule is Cc1nc(-c2ccccc2)sc1C(=O)NNC(=O)c1ccc2[nH]c(C)c(C)c2c1. The summed E-state index contributed by atoms with van der Waals surface area (Å²) in [6.07, 6.45) is 0. The van der Waals surface area contributed by atoms with E-state index in [4.69, 9.17) is 0 Å². The number of hydrogen-bond acceptors (Lipinski definition) is 4. The van der Waals surface area contributed by atoms with E-state index in [1.54, 1.807) is 13.0 Å². The Morgan fingerprint density at radius 2 is 1.69 bits per heavy atom. The number of hydrogen-bond donors (Lipinski definition) is 3. The number of aromatic nitrogens is 2. The number of carbonyl (C=O) groups is 2. The van der Waals surface area contributed by atoms with Gasteiger partial charge in [0.1, 0.15) is 9.88 Å². The van der Waals surface area contributed by atoms with E-state index in [0.717, 1.165) is 32.7 Å². The fourth-order valence-corrected chi connectivity index (χ4v) is 4.12. The first-order chi connectivity index (χ1) is 13.9. The van der Waals surface area contributed by atoms with E-state index in [1.165, 1.54) is 11.3 Å². The number of amides is 2. The topological polar surface area (TPSA) is 86.9 Å². The largest absolute Gasteiger partial charge is 0.358 e. The van der Waals surface area contributed by atoms with Gasteiger partial charge in [0.05, 0.1) is 5.69 Å². The van der Waals surface area contributed by atoms with Gasteiger partial charge in [0.2, 0.25) is 0 Å². The molecule has 0 atom stereocenters. The number of rotatable bonds is 3. The number of thiazole rings is 1. The third-order valence-corrected chi connectivity index (χ3v) is 6.09. The molecule has 0 aliphatic rings. The molecule has 0 bridgehead atoms. The zero-order chi connectivity index (χ0) is 20.5. The third-order valence-electron chi connectivity index (χ3n) is 4.88. The fraction of sp³-hybridized carbons (Fsp3) is 0.136. The third kappa shape index (κ3) is 3.64. The van der Waals surface area contributed by atoms with E-state index in [1.807, 2.05) is 56.3 Å². The lowest BCUT2D eigenvalue weighted by Crippen LogP contribution is -2.41. The lowest BCUT2D eigenvalue weighted by atomic mass is 10.1. The minimum absolute atomic E-state index is 0.371. The van der Waals surface area contributed by atoms with Crippen molar-refractivity contribution in [1.29, 1.82) is 0 Å². The van der Waals surface area contributed by atoms with Gasteiger partial charge < -0.3 is 4.98 Å². The van der Waals surface area contributed by atoms with Crippen LogP contribution in [0.3, 0.4) is 0 Å². The van der Waals surface area contributed by atoms with Crippen molar-refractivity contribution in [3.8, 4) is 10.6 Å². The van der Waals surface area contributed by atoms with Gasteiger partial charge in [0.25, 0.3) is 11.8 Å². The number of nitrogens with zero attached hydrogens (tertiary/aromatic N) is 1. The molecule has 0 spiro atoms. The predicted octanol–water partition coefficient (Wildman–Crippen LogP) is 4.29. The van der Waals surface area contributed by atoms with Gasteiger partial charge in [-0.3, -0.25) is 20.4 Å². The maximum atomic E-state index is 12.6. The highest BCUT2D eigenvalue weighted by molar-refractivity contribution is 7.17. The van der Waals surface area contributed by atoms with E-state index in [9.17, 15) is 9.59 Å². The Hall–Kier alpha value is -3.45. The number of nitrogens with one attached hydrogen (secondary N) is 3. The summed E-state index contributed by atoms with van der Waals surface area (Å²) in [5, 5.41) is 1.76. The zero-order valence-electron chi connectivity index (χ0n) is 16.3. The normalized spacial score (nSPS) is 10.9. The molecule has 0 radical (unpaired) electrons. The van der Waals surface area contributed by atoms with Crippen LogP contribution in [0.25, 0.3) is 21.5 Å². The van der Waals surface area contributed by atoms with Crippen molar-refractivity contribution in [3.05, 3.63) is 75.9 Å².